The zero-order valence-corrected chi connectivity index (χ0v) is 19.3. The van der Waals surface area contributed by atoms with Crippen LogP contribution in [-0.2, 0) is 6.54 Å². The third-order valence-corrected chi connectivity index (χ3v) is 8.82. The summed E-state index contributed by atoms with van der Waals surface area (Å²) in [6.45, 7) is 0.512. The fraction of sp³-hybridized carbons (Fsp3) is 0.414. The zero-order valence-electron chi connectivity index (χ0n) is 19.3. The molecule has 1 N–H and O–H groups in total. The smallest absolute Gasteiger partial charge is 0.318 e. The van der Waals surface area contributed by atoms with Crippen LogP contribution in [0.15, 0.2) is 66.9 Å². The highest BCUT2D eigenvalue weighted by molar-refractivity contribution is 5.77. The van der Waals surface area contributed by atoms with E-state index in [4.69, 9.17) is 0 Å². The number of carbonyl (C=O) groups is 1. The molecule has 0 radical (unpaired) electrons. The van der Waals surface area contributed by atoms with E-state index in [1.54, 1.807) is 0 Å². The summed E-state index contributed by atoms with van der Waals surface area (Å²) in [4.78, 5) is 16.1. The van der Waals surface area contributed by atoms with Gasteiger partial charge in [0.2, 0.25) is 0 Å². The molecule has 0 saturated heterocycles. The Hall–Kier alpha value is -3.08. The topological polar surface area (TPSA) is 37.3 Å². The first-order chi connectivity index (χ1) is 16.6. The SMILES string of the molecule is O=C(NC12CC3CC(CC(C3)C1)C2)N1Cc2ccccc2-n2cccc2[C@@H]1c1ccc(F)cc1. The van der Waals surface area contributed by atoms with Crippen LogP contribution in [0.1, 0.15) is 61.4 Å². The normalized spacial score (nSPS) is 31.0. The van der Waals surface area contributed by atoms with E-state index in [0.29, 0.717) is 6.54 Å². The van der Waals surface area contributed by atoms with Crippen molar-refractivity contribution in [2.24, 2.45) is 17.8 Å². The number of fused-ring (bicyclic) bond motifs is 3. The molecule has 4 aliphatic carbocycles. The molecule has 0 unspecified atom stereocenters. The van der Waals surface area contributed by atoms with Gasteiger partial charge in [0.1, 0.15) is 5.82 Å². The summed E-state index contributed by atoms with van der Waals surface area (Å²) < 4.78 is 16.0. The van der Waals surface area contributed by atoms with E-state index in [0.717, 1.165) is 59.5 Å². The number of carbonyl (C=O) groups excluding carboxylic acids is 1. The molecule has 4 saturated carbocycles. The van der Waals surface area contributed by atoms with Crippen LogP contribution >= 0.6 is 0 Å². The van der Waals surface area contributed by atoms with Gasteiger partial charge < -0.3 is 14.8 Å². The van der Waals surface area contributed by atoms with Crippen molar-refractivity contribution in [3.8, 4) is 5.69 Å². The average molecular weight is 456 g/mol. The van der Waals surface area contributed by atoms with Crippen molar-refractivity contribution in [1.82, 2.24) is 14.8 Å². The highest BCUT2D eigenvalue weighted by atomic mass is 19.1. The number of hydrogen-bond donors (Lipinski definition) is 1. The minimum Gasteiger partial charge on any atom is -0.332 e. The first kappa shape index (κ1) is 20.3. The van der Waals surface area contributed by atoms with Crippen molar-refractivity contribution in [2.75, 3.05) is 0 Å². The van der Waals surface area contributed by atoms with Crippen molar-refractivity contribution in [3.05, 3.63) is 89.5 Å². The fourth-order valence-electron chi connectivity index (χ4n) is 7.90. The van der Waals surface area contributed by atoms with Crippen LogP contribution in [0, 0.1) is 23.6 Å². The van der Waals surface area contributed by atoms with Gasteiger partial charge in [-0.05, 0) is 97.7 Å². The highest BCUT2D eigenvalue weighted by Gasteiger charge is 2.52. The summed E-state index contributed by atoms with van der Waals surface area (Å²) in [5, 5.41) is 3.59. The predicted molar refractivity (Wildman–Crippen MR) is 129 cm³/mol. The molecule has 3 aromatic rings. The van der Waals surface area contributed by atoms with E-state index in [2.05, 4.69) is 34.3 Å². The third kappa shape index (κ3) is 3.20. The molecule has 1 aromatic heterocycles. The van der Waals surface area contributed by atoms with E-state index in [-0.39, 0.29) is 23.4 Å². The number of hydrogen-bond acceptors (Lipinski definition) is 1. The van der Waals surface area contributed by atoms with Gasteiger partial charge in [0, 0.05) is 17.4 Å². The van der Waals surface area contributed by atoms with Crippen LogP contribution in [0.5, 0.6) is 0 Å². The third-order valence-electron chi connectivity index (χ3n) is 8.82. The molecule has 4 nitrogen and oxygen atoms in total. The number of amides is 2. The summed E-state index contributed by atoms with van der Waals surface area (Å²) >= 11 is 0. The molecule has 0 spiro atoms. The van der Waals surface area contributed by atoms with Crippen LogP contribution in [-0.4, -0.2) is 21.0 Å². The summed E-state index contributed by atoms with van der Waals surface area (Å²) in [5.74, 6) is 2.03. The number of benzene rings is 2. The first-order valence-corrected chi connectivity index (χ1v) is 12.7. The molecule has 5 heteroatoms. The molecule has 34 heavy (non-hydrogen) atoms. The van der Waals surface area contributed by atoms with Gasteiger partial charge in [-0.2, -0.15) is 0 Å². The van der Waals surface area contributed by atoms with Crippen LogP contribution in [0.4, 0.5) is 9.18 Å². The first-order valence-electron chi connectivity index (χ1n) is 12.7. The minimum absolute atomic E-state index is 0.000674. The van der Waals surface area contributed by atoms with Gasteiger partial charge in [0.25, 0.3) is 0 Å². The fourth-order valence-corrected chi connectivity index (χ4v) is 7.90. The van der Waals surface area contributed by atoms with Gasteiger partial charge in [-0.25, -0.2) is 9.18 Å². The Morgan fingerprint density at radius 1 is 0.882 bits per heavy atom. The molecule has 8 rings (SSSR count). The molecule has 2 aromatic carbocycles. The Labute approximate surface area is 199 Å². The van der Waals surface area contributed by atoms with E-state index in [1.165, 1.54) is 31.4 Å². The van der Waals surface area contributed by atoms with Crippen LogP contribution < -0.4 is 5.32 Å². The van der Waals surface area contributed by atoms with Crippen molar-refractivity contribution in [1.29, 1.82) is 0 Å². The number of para-hydroxylation sites is 1. The van der Waals surface area contributed by atoms with Crippen molar-refractivity contribution in [2.45, 2.75) is 56.7 Å². The molecule has 4 fully saturated rings. The van der Waals surface area contributed by atoms with Crippen molar-refractivity contribution in [3.63, 3.8) is 0 Å². The molecule has 174 valence electrons. The van der Waals surface area contributed by atoms with E-state index in [9.17, 15) is 9.18 Å². The number of aromatic nitrogens is 1. The van der Waals surface area contributed by atoms with Crippen molar-refractivity contribution < 1.29 is 9.18 Å². The second-order valence-corrected chi connectivity index (χ2v) is 11.1. The number of nitrogens with zero attached hydrogens (tertiary/aromatic N) is 2. The van der Waals surface area contributed by atoms with Gasteiger partial charge in [-0.3, -0.25) is 0 Å². The highest BCUT2D eigenvalue weighted by Crippen LogP contribution is 2.55. The van der Waals surface area contributed by atoms with E-state index >= 15 is 0 Å². The molecule has 2 heterocycles. The molecule has 1 atom stereocenters. The molecule has 2 amide bonds. The van der Waals surface area contributed by atoms with E-state index < -0.39 is 0 Å². The molecule has 5 aliphatic rings. The van der Waals surface area contributed by atoms with Gasteiger partial charge in [-0.1, -0.05) is 30.3 Å². The molecule has 1 aliphatic heterocycles. The van der Waals surface area contributed by atoms with Gasteiger partial charge in [-0.15, -0.1) is 0 Å². The summed E-state index contributed by atoms with van der Waals surface area (Å²) in [5.41, 5.74) is 4.10. The standard InChI is InChI=1S/C29H30FN3O/c30-24-9-7-22(8-10-24)27-26-6-3-11-32(26)25-5-2-1-4-23(25)18-33(27)28(34)31-29-15-19-12-20(16-29)14-21(13-19)17-29/h1-11,19-21,27H,12-18H2,(H,31,34)/t19?,20?,21?,27-,29?/m0/s1. The second kappa shape index (κ2) is 7.46. The Kier molecular flexibility index (Phi) is 4.46. The quantitative estimate of drug-likeness (QED) is 0.491. The monoisotopic (exact) mass is 455 g/mol. The minimum atomic E-state index is -0.295. The van der Waals surface area contributed by atoms with E-state index in [1.807, 2.05) is 35.2 Å². The molecule has 4 bridgehead atoms. The number of halogens is 1. The maximum atomic E-state index is 14.2. The lowest BCUT2D eigenvalue weighted by Gasteiger charge is -2.57. The lowest BCUT2D eigenvalue weighted by Crippen LogP contribution is -2.62. The largest absolute Gasteiger partial charge is 0.332 e. The lowest BCUT2D eigenvalue weighted by molar-refractivity contribution is -0.0163. The average Bonchev–Trinajstić information content (AvgIpc) is 3.23. The molecular weight excluding hydrogens is 425 g/mol. The predicted octanol–water partition coefficient (Wildman–Crippen LogP) is 6.20. The van der Waals surface area contributed by atoms with Crippen LogP contribution in [0.2, 0.25) is 0 Å². The summed E-state index contributed by atoms with van der Waals surface area (Å²) in [6, 6.07) is 18.7. The number of nitrogens with one attached hydrogen (secondary N) is 1. The molecular formula is C29H30FN3O. The van der Waals surface area contributed by atoms with Crippen molar-refractivity contribution >= 4 is 6.03 Å². The second-order valence-electron chi connectivity index (χ2n) is 11.1. The number of rotatable bonds is 2. The van der Waals surface area contributed by atoms with Crippen LogP contribution in [0.3, 0.4) is 0 Å². The zero-order chi connectivity index (χ0) is 22.9. The van der Waals surface area contributed by atoms with Gasteiger partial charge in [0.05, 0.1) is 18.3 Å². The maximum Gasteiger partial charge on any atom is 0.318 e. The van der Waals surface area contributed by atoms with Gasteiger partial charge >= 0.3 is 6.03 Å². The number of urea groups is 1. The summed E-state index contributed by atoms with van der Waals surface area (Å²) in [6.07, 6.45) is 9.45. The maximum absolute atomic E-state index is 14.2. The Morgan fingerprint density at radius 2 is 1.56 bits per heavy atom. The van der Waals surface area contributed by atoms with Crippen LogP contribution in [0.25, 0.3) is 5.69 Å². The van der Waals surface area contributed by atoms with Gasteiger partial charge in [0.15, 0.2) is 0 Å². The summed E-state index contributed by atoms with van der Waals surface area (Å²) in [7, 11) is 0. The Morgan fingerprint density at radius 3 is 2.26 bits per heavy atom. The Bertz CT molecular complexity index is 1210. The Balaban J connectivity index is 1.30. The lowest BCUT2D eigenvalue weighted by atomic mass is 9.53.